The molecule has 4 nitrogen and oxygen atoms in total. The van der Waals surface area contributed by atoms with Crippen LogP contribution in [-0.4, -0.2) is 13.0 Å². The maximum absolute atomic E-state index is 12.1. The predicted molar refractivity (Wildman–Crippen MR) is 87.1 cm³/mol. The Balaban J connectivity index is 1.90. The van der Waals surface area contributed by atoms with Crippen LogP contribution in [0.4, 0.5) is 0 Å². The van der Waals surface area contributed by atoms with Gasteiger partial charge in [0.25, 0.3) is 0 Å². The van der Waals surface area contributed by atoms with Crippen molar-refractivity contribution in [1.82, 2.24) is 5.32 Å². The van der Waals surface area contributed by atoms with Crippen LogP contribution in [0.25, 0.3) is 0 Å². The van der Waals surface area contributed by atoms with Crippen LogP contribution in [0, 0.1) is 6.92 Å². The summed E-state index contributed by atoms with van der Waals surface area (Å²) in [6.07, 6.45) is 0. The van der Waals surface area contributed by atoms with Crippen LogP contribution < -0.4 is 11.1 Å². The fraction of sp³-hybridized carbons (Fsp3) is 0.278. The lowest BCUT2D eigenvalue weighted by Crippen LogP contribution is -2.33. The van der Waals surface area contributed by atoms with E-state index in [1.807, 2.05) is 55.5 Å². The van der Waals surface area contributed by atoms with Crippen molar-refractivity contribution < 1.29 is 9.53 Å². The number of nitrogens with two attached hydrogens (primary N) is 1. The molecule has 2 rings (SSSR count). The lowest BCUT2D eigenvalue weighted by molar-refractivity contribution is -0.122. The number of rotatable bonds is 6. The van der Waals surface area contributed by atoms with Gasteiger partial charge in [-0.1, -0.05) is 54.1 Å². The molecule has 1 atom stereocenters. The predicted octanol–water partition coefficient (Wildman–Crippen LogP) is 2.46. The average Bonchev–Trinajstić information content (AvgIpc) is 2.54. The lowest BCUT2D eigenvalue weighted by atomic mass is 10.1. The van der Waals surface area contributed by atoms with Crippen molar-refractivity contribution in [3.63, 3.8) is 0 Å². The van der Waals surface area contributed by atoms with Gasteiger partial charge in [-0.3, -0.25) is 4.79 Å². The SMILES string of the molecule is COCc1ccc(CNC(=O)C(N)c2ccc(C)cc2)cc1. The Hall–Kier alpha value is -2.17. The summed E-state index contributed by atoms with van der Waals surface area (Å²) in [5.74, 6) is -0.176. The van der Waals surface area contributed by atoms with E-state index in [1.54, 1.807) is 7.11 Å². The quantitative estimate of drug-likeness (QED) is 0.861. The average molecular weight is 298 g/mol. The van der Waals surface area contributed by atoms with E-state index in [4.69, 9.17) is 10.5 Å². The van der Waals surface area contributed by atoms with Crippen molar-refractivity contribution in [2.24, 2.45) is 5.73 Å². The third kappa shape index (κ3) is 4.41. The Bertz CT molecular complexity index is 606. The highest BCUT2D eigenvalue weighted by Crippen LogP contribution is 2.12. The minimum atomic E-state index is -0.645. The summed E-state index contributed by atoms with van der Waals surface area (Å²) in [5, 5.41) is 2.87. The van der Waals surface area contributed by atoms with Crippen molar-refractivity contribution in [2.45, 2.75) is 26.1 Å². The van der Waals surface area contributed by atoms with Crippen molar-refractivity contribution in [1.29, 1.82) is 0 Å². The third-order valence-corrected chi connectivity index (χ3v) is 3.52. The van der Waals surface area contributed by atoms with Crippen LogP contribution in [0.5, 0.6) is 0 Å². The van der Waals surface area contributed by atoms with Gasteiger partial charge in [-0.15, -0.1) is 0 Å². The van der Waals surface area contributed by atoms with Gasteiger partial charge in [0.05, 0.1) is 6.61 Å². The zero-order chi connectivity index (χ0) is 15.9. The van der Waals surface area contributed by atoms with E-state index in [0.717, 1.165) is 22.3 Å². The minimum Gasteiger partial charge on any atom is -0.380 e. The molecule has 2 aromatic carbocycles. The number of carbonyl (C=O) groups excluding carboxylic acids is 1. The smallest absolute Gasteiger partial charge is 0.241 e. The normalized spacial score (nSPS) is 12.0. The van der Waals surface area contributed by atoms with Gasteiger partial charge in [-0.25, -0.2) is 0 Å². The fourth-order valence-corrected chi connectivity index (χ4v) is 2.14. The first-order chi connectivity index (χ1) is 10.6. The van der Waals surface area contributed by atoms with Gasteiger partial charge in [0.1, 0.15) is 6.04 Å². The molecule has 0 aliphatic rings. The van der Waals surface area contributed by atoms with Crippen molar-refractivity contribution in [2.75, 3.05) is 7.11 Å². The Kier molecular flexibility index (Phi) is 5.69. The Morgan fingerprint density at radius 1 is 1.09 bits per heavy atom. The Morgan fingerprint density at radius 3 is 2.27 bits per heavy atom. The molecule has 0 heterocycles. The van der Waals surface area contributed by atoms with Gasteiger partial charge < -0.3 is 15.8 Å². The van der Waals surface area contributed by atoms with Crippen LogP contribution in [-0.2, 0) is 22.7 Å². The molecule has 0 fully saturated rings. The lowest BCUT2D eigenvalue weighted by Gasteiger charge is -2.13. The van der Waals surface area contributed by atoms with Crippen LogP contribution in [0.1, 0.15) is 28.3 Å². The number of hydrogen-bond acceptors (Lipinski definition) is 3. The van der Waals surface area contributed by atoms with E-state index >= 15 is 0 Å². The highest BCUT2D eigenvalue weighted by atomic mass is 16.5. The van der Waals surface area contributed by atoms with Crippen molar-refractivity contribution in [3.05, 3.63) is 70.8 Å². The Morgan fingerprint density at radius 2 is 1.68 bits per heavy atom. The largest absolute Gasteiger partial charge is 0.380 e. The topological polar surface area (TPSA) is 64.3 Å². The highest BCUT2D eigenvalue weighted by molar-refractivity contribution is 5.82. The molecule has 116 valence electrons. The van der Waals surface area contributed by atoms with Gasteiger partial charge in [-0.05, 0) is 23.6 Å². The number of hydrogen-bond donors (Lipinski definition) is 2. The molecule has 0 aliphatic heterocycles. The van der Waals surface area contributed by atoms with Crippen molar-refractivity contribution in [3.8, 4) is 0 Å². The third-order valence-electron chi connectivity index (χ3n) is 3.52. The van der Waals surface area contributed by atoms with Crippen molar-refractivity contribution >= 4 is 5.91 Å². The standard InChI is InChI=1S/C18H22N2O2/c1-13-3-9-16(10-4-13)17(19)18(21)20-11-14-5-7-15(8-6-14)12-22-2/h3-10,17H,11-12,19H2,1-2H3,(H,20,21). The van der Waals surface area contributed by atoms with Gasteiger partial charge in [-0.2, -0.15) is 0 Å². The molecular weight excluding hydrogens is 276 g/mol. The molecule has 2 aromatic rings. The molecule has 22 heavy (non-hydrogen) atoms. The maximum atomic E-state index is 12.1. The molecule has 0 radical (unpaired) electrons. The first-order valence-corrected chi connectivity index (χ1v) is 7.27. The van der Waals surface area contributed by atoms with E-state index in [2.05, 4.69) is 5.32 Å². The zero-order valence-corrected chi connectivity index (χ0v) is 13.0. The van der Waals surface area contributed by atoms with Gasteiger partial charge in [0, 0.05) is 13.7 Å². The molecule has 0 aromatic heterocycles. The summed E-state index contributed by atoms with van der Waals surface area (Å²) in [7, 11) is 1.67. The second-order valence-electron chi connectivity index (χ2n) is 5.36. The summed E-state index contributed by atoms with van der Waals surface area (Å²) in [5.41, 5.74) is 10.1. The zero-order valence-electron chi connectivity index (χ0n) is 13.0. The molecule has 0 saturated carbocycles. The summed E-state index contributed by atoms with van der Waals surface area (Å²) in [6.45, 7) is 3.05. The van der Waals surface area contributed by atoms with E-state index in [1.165, 1.54) is 0 Å². The monoisotopic (exact) mass is 298 g/mol. The number of nitrogens with one attached hydrogen (secondary N) is 1. The second kappa shape index (κ2) is 7.73. The van der Waals surface area contributed by atoms with E-state index in [9.17, 15) is 4.79 Å². The highest BCUT2D eigenvalue weighted by Gasteiger charge is 2.14. The molecule has 3 N–H and O–H groups in total. The molecule has 1 unspecified atom stereocenters. The summed E-state index contributed by atoms with van der Waals surface area (Å²) < 4.78 is 5.07. The van der Waals surface area contributed by atoms with E-state index < -0.39 is 6.04 Å². The number of methoxy groups -OCH3 is 1. The maximum Gasteiger partial charge on any atom is 0.241 e. The fourth-order valence-electron chi connectivity index (χ4n) is 2.14. The van der Waals surface area contributed by atoms with Crippen LogP contribution >= 0.6 is 0 Å². The number of amides is 1. The molecule has 0 spiro atoms. The Labute approximate surface area is 131 Å². The number of benzene rings is 2. The molecule has 0 saturated heterocycles. The molecule has 4 heteroatoms. The van der Waals surface area contributed by atoms with Gasteiger partial charge >= 0.3 is 0 Å². The number of carbonyl (C=O) groups is 1. The summed E-state index contributed by atoms with van der Waals surface area (Å²) in [4.78, 5) is 12.1. The van der Waals surface area contributed by atoms with Crippen LogP contribution in [0.3, 0.4) is 0 Å². The summed E-state index contributed by atoms with van der Waals surface area (Å²) >= 11 is 0. The van der Waals surface area contributed by atoms with Gasteiger partial charge in [0.15, 0.2) is 0 Å². The van der Waals surface area contributed by atoms with E-state index in [0.29, 0.717) is 13.2 Å². The number of aryl methyl sites for hydroxylation is 1. The molecule has 0 aliphatic carbocycles. The molecule has 0 bridgehead atoms. The van der Waals surface area contributed by atoms with E-state index in [-0.39, 0.29) is 5.91 Å². The van der Waals surface area contributed by atoms with Crippen LogP contribution in [0.2, 0.25) is 0 Å². The first-order valence-electron chi connectivity index (χ1n) is 7.27. The second-order valence-corrected chi connectivity index (χ2v) is 5.36. The van der Waals surface area contributed by atoms with Crippen LogP contribution in [0.15, 0.2) is 48.5 Å². The van der Waals surface area contributed by atoms with Gasteiger partial charge in [0.2, 0.25) is 5.91 Å². The molecular formula is C18H22N2O2. The summed E-state index contributed by atoms with van der Waals surface area (Å²) in [6, 6.07) is 15.0. The first kappa shape index (κ1) is 16.2. The molecule has 1 amide bonds. The minimum absolute atomic E-state index is 0.176. The number of ether oxygens (including phenoxy) is 1.